The fraction of sp³-hybridized carbons (Fsp3) is 0.571. The monoisotopic (exact) mass is 252 g/mol. The minimum atomic E-state index is 0.176. The largest absolute Gasteiger partial charge is 0.504 e. The molecule has 102 valence electrons. The lowest BCUT2D eigenvalue weighted by Crippen LogP contribution is -2.37. The lowest BCUT2D eigenvalue weighted by molar-refractivity contribution is 0.333. The van der Waals surface area contributed by atoms with Crippen molar-refractivity contribution in [2.45, 2.75) is 25.9 Å². The predicted octanol–water partition coefficient (Wildman–Crippen LogP) is 2.00. The number of ether oxygens (including phenoxy) is 1. The van der Waals surface area contributed by atoms with E-state index < -0.39 is 0 Å². The summed E-state index contributed by atoms with van der Waals surface area (Å²) in [6.45, 7) is 5.26. The number of phenols is 1. The highest BCUT2D eigenvalue weighted by Gasteiger charge is 2.12. The molecule has 0 aliphatic rings. The number of phenolic OH excluding ortho intramolecular Hbond substituents is 1. The second-order valence-corrected chi connectivity index (χ2v) is 4.98. The van der Waals surface area contributed by atoms with Crippen molar-refractivity contribution in [3.05, 3.63) is 23.8 Å². The molecule has 2 atom stereocenters. The van der Waals surface area contributed by atoms with Crippen LogP contribution in [0.15, 0.2) is 18.2 Å². The Labute approximate surface area is 110 Å². The summed E-state index contributed by atoms with van der Waals surface area (Å²) in [5, 5.41) is 13.1. The molecule has 0 aliphatic heterocycles. The predicted molar refractivity (Wildman–Crippen MR) is 74.2 cm³/mol. The molecule has 1 aromatic rings. The summed E-state index contributed by atoms with van der Waals surface area (Å²) in [5.74, 6) is 0.691. The highest BCUT2D eigenvalue weighted by Crippen LogP contribution is 2.28. The van der Waals surface area contributed by atoms with Crippen LogP contribution in [-0.4, -0.2) is 43.8 Å². The highest BCUT2D eigenvalue weighted by molar-refractivity contribution is 5.42. The number of nitrogens with zero attached hydrogens (tertiary/aromatic N) is 1. The second kappa shape index (κ2) is 6.61. The zero-order chi connectivity index (χ0) is 13.7. The van der Waals surface area contributed by atoms with Gasteiger partial charge in [0, 0.05) is 18.6 Å². The number of aromatic hydroxyl groups is 1. The van der Waals surface area contributed by atoms with Crippen molar-refractivity contribution in [2.75, 3.05) is 27.7 Å². The molecular weight excluding hydrogens is 228 g/mol. The van der Waals surface area contributed by atoms with Gasteiger partial charge in [0.1, 0.15) is 0 Å². The van der Waals surface area contributed by atoms with E-state index in [1.54, 1.807) is 13.2 Å². The summed E-state index contributed by atoms with van der Waals surface area (Å²) in [7, 11) is 5.68. The number of nitrogens with one attached hydrogen (secondary N) is 1. The van der Waals surface area contributed by atoms with Crippen LogP contribution in [0.5, 0.6) is 11.5 Å². The Morgan fingerprint density at radius 3 is 2.56 bits per heavy atom. The minimum absolute atomic E-state index is 0.176. The van der Waals surface area contributed by atoms with E-state index in [-0.39, 0.29) is 11.8 Å². The maximum atomic E-state index is 9.57. The van der Waals surface area contributed by atoms with Crippen LogP contribution < -0.4 is 10.1 Å². The Bertz CT molecular complexity index is 380. The Kier molecular flexibility index (Phi) is 5.44. The summed E-state index contributed by atoms with van der Waals surface area (Å²) in [6, 6.07) is 6.07. The molecule has 4 nitrogen and oxygen atoms in total. The fourth-order valence-electron chi connectivity index (χ4n) is 2.09. The van der Waals surface area contributed by atoms with Crippen molar-refractivity contribution in [3.63, 3.8) is 0 Å². The summed E-state index contributed by atoms with van der Waals surface area (Å²) in [6.07, 6.45) is 0. The molecule has 0 aromatic heterocycles. The third-order valence-corrected chi connectivity index (χ3v) is 2.88. The van der Waals surface area contributed by atoms with Gasteiger partial charge in [0.2, 0.25) is 0 Å². The van der Waals surface area contributed by atoms with Gasteiger partial charge < -0.3 is 20.1 Å². The topological polar surface area (TPSA) is 44.7 Å². The Balaban J connectivity index is 2.69. The van der Waals surface area contributed by atoms with Crippen molar-refractivity contribution < 1.29 is 9.84 Å². The van der Waals surface area contributed by atoms with E-state index in [2.05, 4.69) is 38.2 Å². The summed E-state index contributed by atoms with van der Waals surface area (Å²) < 4.78 is 5.12. The second-order valence-electron chi connectivity index (χ2n) is 4.98. The number of hydrogen-bond acceptors (Lipinski definition) is 4. The van der Waals surface area contributed by atoms with Crippen molar-refractivity contribution in [2.24, 2.45) is 0 Å². The molecule has 0 heterocycles. The molecule has 18 heavy (non-hydrogen) atoms. The van der Waals surface area contributed by atoms with Crippen LogP contribution in [0, 0.1) is 0 Å². The SMILES string of the molecule is COc1cc(C(C)NC(C)CN(C)C)ccc1O. The molecule has 1 aromatic carbocycles. The standard InChI is InChI=1S/C14H24N2O2/c1-10(9-16(3)4)15-11(2)12-6-7-13(17)14(8-12)18-5/h6-8,10-11,15,17H,9H2,1-5H3. The zero-order valence-electron chi connectivity index (χ0n) is 11.9. The molecule has 0 radical (unpaired) electrons. The van der Waals surface area contributed by atoms with Gasteiger partial charge in [-0.05, 0) is 45.6 Å². The maximum absolute atomic E-state index is 9.57. The van der Waals surface area contributed by atoms with E-state index in [4.69, 9.17) is 4.74 Å². The van der Waals surface area contributed by atoms with Crippen molar-refractivity contribution >= 4 is 0 Å². The molecule has 1 rings (SSSR count). The molecule has 0 saturated carbocycles. The summed E-state index contributed by atoms with van der Waals surface area (Å²) >= 11 is 0. The molecule has 2 unspecified atom stereocenters. The van der Waals surface area contributed by atoms with Gasteiger partial charge in [0.25, 0.3) is 0 Å². The van der Waals surface area contributed by atoms with Gasteiger partial charge in [-0.2, -0.15) is 0 Å². The Hall–Kier alpha value is -1.26. The zero-order valence-corrected chi connectivity index (χ0v) is 11.9. The van der Waals surface area contributed by atoms with E-state index in [0.29, 0.717) is 11.8 Å². The van der Waals surface area contributed by atoms with Gasteiger partial charge in [-0.15, -0.1) is 0 Å². The lowest BCUT2D eigenvalue weighted by Gasteiger charge is -2.23. The van der Waals surface area contributed by atoms with Gasteiger partial charge in [0.05, 0.1) is 7.11 Å². The van der Waals surface area contributed by atoms with Crippen molar-refractivity contribution in [1.82, 2.24) is 10.2 Å². The molecule has 0 saturated heterocycles. The number of rotatable bonds is 6. The normalized spacial score (nSPS) is 14.6. The average molecular weight is 252 g/mol. The number of likely N-dealkylation sites (N-methyl/N-ethyl adjacent to an activating group) is 1. The molecule has 4 heteroatoms. The molecule has 0 aliphatic carbocycles. The number of benzene rings is 1. The third-order valence-electron chi connectivity index (χ3n) is 2.88. The Morgan fingerprint density at radius 2 is 2.00 bits per heavy atom. The van der Waals surface area contributed by atoms with E-state index in [0.717, 1.165) is 12.1 Å². The van der Waals surface area contributed by atoms with Gasteiger partial charge in [-0.1, -0.05) is 6.07 Å². The van der Waals surface area contributed by atoms with Crippen LogP contribution in [0.3, 0.4) is 0 Å². The first kappa shape index (κ1) is 14.8. The first-order valence-corrected chi connectivity index (χ1v) is 6.21. The smallest absolute Gasteiger partial charge is 0.160 e. The van der Waals surface area contributed by atoms with E-state index in [1.807, 2.05) is 12.1 Å². The van der Waals surface area contributed by atoms with Crippen LogP contribution in [0.1, 0.15) is 25.5 Å². The lowest BCUT2D eigenvalue weighted by atomic mass is 10.1. The molecule has 0 fully saturated rings. The summed E-state index contributed by atoms with van der Waals surface area (Å²) in [4.78, 5) is 2.15. The van der Waals surface area contributed by atoms with E-state index in [9.17, 15) is 5.11 Å². The van der Waals surface area contributed by atoms with Gasteiger partial charge in [-0.3, -0.25) is 0 Å². The molecular formula is C14H24N2O2. The quantitative estimate of drug-likeness (QED) is 0.813. The fourth-order valence-corrected chi connectivity index (χ4v) is 2.09. The molecule has 0 spiro atoms. The van der Waals surface area contributed by atoms with Gasteiger partial charge >= 0.3 is 0 Å². The first-order chi connectivity index (χ1) is 8.43. The van der Waals surface area contributed by atoms with Crippen molar-refractivity contribution in [3.8, 4) is 11.5 Å². The Morgan fingerprint density at radius 1 is 1.33 bits per heavy atom. The molecule has 2 N–H and O–H groups in total. The number of methoxy groups -OCH3 is 1. The van der Waals surface area contributed by atoms with E-state index >= 15 is 0 Å². The molecule has 0 amide bonds. The van der Waals surface area contributed by atoms with Crippen molar-refractivity contribution in [1.29, 1.82) is 0 Å². The van der Waals surface area contributed by atoms with Crippen LogP contribution in [-0.2, 0) is 0 Å². The number of hydrogen-bond donors (Lipinski definition) is 2. The summed E-state index contributed by atoms with van der Waals surface area (Å²) in [5.41, 5.74) is 1.11. The molecule has 0 bridgehead atoms. The average Bonchev–Trinajstić information content (AvgIpc) is 2.28. The maximum Gasteiger partial charge on any atom is 0.160 e. The minimum Gasteiger partial charge on any atom is -0.504 e. The van der Waals surface area contributed by atoms with Crippen LogP contribution in [0.4, 0.5) is 0 Å². The van der Waals surface area contributed by atoms with Crippen LogP contribution in [0.2, 0.25) is 0 Å². The van der Waals surface area contributed by atoms with Crippen LogP contribution in [0.25, 0.3) is 0 Å². The van der Waals surface area contributed by atoms with Crippen LogP contribution >= 0.6 is 0 Å². The third kappa shape index (κ3) is 4.20. The van der Waals surface area contributed by atoms with E-state index in [1.165, 1.54) is 0 Å². The van der Waals surface area contributed by atoms with Gasteiger partial charge in [0.15, 0.2) is 11.5 Å². The highest BCUT2D eigenvalue weighted by atomic mass is 16.5. The first-order valence-electron chi connectivity index (χ1n) is 6.21. The van der Waals surface area contributed by atoms with Gasteiger partial charge in [-0.25, -0.2) is 0 Å².